The Balaban J connectivity index is 1.60. The van der Waals surface area contributed by atoms with Crippen LogP contribution >= 0.6 is 0 Å². The Bertz CT molecular complexity index is 1330. The SMILES string of the molecule is Cc1cc(-c2cc(NCc3ccccn3)nc3[nH]ccc23)nc2cc(F)ccc12. The van der Waals surface area contributed by atoms with Crippen molar-refractivity contribution in [3.63, 3.8) is 0 Å². The Morgan fingerprint density at radius 1 is 1.00 bits per heavy atom. The molecule has 2 N–H and O–H groups in total. The molecule has 1 aromatic carbocycles. The molecule has 0 aliphatic rings. The lowest BCUT2D eigenvalue weighted by molar-refractivity contribution is 0.629. The molecular weight excluding hydrogens is 365 g/mol. The molecule has 4 aromatic heterocycles. The third kappa shape index (κ3) is 3.29. The largest absolute Gasteiger partial charge is 0.364 e. The molecule has 0 atom stereocenters. The molecule has 29 heavy (non-hydrogen) atoms. The minimum atomic E-state index is -0.291. The fourth-order valence-electron chi connectivity index (χ4n) is 3.54. The summed E-state index contributed by atoms with van der Waals surface area (Å²) in [5.74, 6) is 0.431. The van der Waals surface area contributed by atoms with Gasteiger partial charge >= 0.3 is 0 Å². The van der Waals surface area contributed by atoms with Crippen LogP contribution in [-0.2, 0) is 6.54 Å². The summed E-state index contributed by atoms with van der Waals surface area (Å²) in [7, 11) is 0. The Labute approximate surface area is 166 Å². The number of nitrogens with zero attached hydrogens (tertiary/aromatic N) is 3. The van der Waals surface area contributed by atoms with Crippen molar-refractivity contribution in [3.8, 4) is 11.3 Å². The van der Waals surface area contributed by atoms with Gasteiger partial charge in [-0.1, -0.05) is 6.07 Å². The second-order valence-electron chi connectivity index (χ2n) is 6.96. The average molecular weight is 383 g/mol. The number of fused-ring (bicyclic) bond motifs is 2. The fraction of sp³-hybridized carbons (Fsp3) is 0.0870. The minimum absolute atomic E-state index is 0.291. The molecule has 4 heterocycles. The Hall–Kier alpha value is -3.80. The van der Waals surface area contributed by atoms with Crippen LogP contribution in [0.2, 0.25) is 0 Å². The maximum absolute atomic E-state index is 13.8. The van der Waals surface area contributed by atoms with Gasteiger partial charge in [-0.15, -0.1) is 0 Å². The number of halogens is 1. The molecule has 5 nitrogen and oxygen atoms in total. The van der Waals surface area contributed by atoms with Crippen LogP contribution in [0.3, 0.4) is 0 Å². The van der Waals surface area contributed by atoms with E-state index in [1.165, 1.54) is 12.1 Å². The first kappa shape index (κ1) is 17.3. The highest BCUT2D eigenvalue weighted by molar-refractivity contribution is 5.95. The van der Waals surface area contributed by atoms with Crippen molar-refractivity contribution in [3.05, 3.63) is 84.1 Å². The van der Waals surface area contributed by atoms with Gasteiger partial charge in [-0.2, -0.15) is 0 Å². The number of benzene rings is 1. The van der Waals surface area contributed by atoms with Crippen molar-refractivity contribution in [2.45, 2.75) is 13.5 Å². The molecule has 0 unspecified atom stereocenters. The number of rotatable bonds is 4. The summed E-state index contributed by atoms with van der Waals surface area (Å²) in [6.07, 6.45) is 3.63. The van der Waals surface area contributed by atoms with Gasteiger partial charge in [0.15, 0.2) is 0 Å². The topological polar surface area (TPSA) is 66.5 Å². The lowest BCUT2D eigenvalue weighted by atomic mass is 10.0. The van der Waals surface area contributed by atoms with Gasteiger partial charge in [-0.25, -0.2) is 14.4 Å². The van der Waals surface area contributed by atoms with Crippen LogP contribution < -0.4 is 5.32 Å². The lowest BCUT2D eigenvalue weighted by Gasteiger charge is -2.11. The molecule has 142 valence electrons. The molecular formula is C23H18FN5. The molecule has 0 amide bonds. The predicted molar refractivity (Wildman–Crippen MR) is 113 cm³/mol. The van der Waals surface area contributed by atoms with E-state index >= 15 is 0 Å². The highest BCUT2D eigenvalue weighted by atomic mass is 19.1. The second-order valence-corrected chi connectivity index (χ2v) is 6.96. The molecule has 0 bridgehead atoms. The van der Waals surface area contributed by atoms with E-state index in [1.54, 1.807) is 12.3 Å². The molecule has 6 heteroatoms. The van der Waals surface area contributed by atoms with Crippen LogP contribution in [0.25, 0.3) is 33.2 Å². The van der Waals surface area contributed by atoms with Gasteiger partial charge < -0.3 is 10.3 Å². The maximum atomic E-state index is 13.8. The summed E-state index contributed by atoms with van der Waals surface area (Å²) in [6, 6.07) is 16.5. The van der Waals surface area contributed by atoms with Crippen LogP contribution in [0.15, 0.2) is 67.0 Å². The molecule has 0 fully saturated rings. The number of aromatic nitrogens is 4. The summed E-state index contributed by atoms with van der Waals surface area (Å²) >= 11 is 0. The van der Waals surface area contributed by atoms with E-state index in [2.05, 4.69) is 20.3 Å². The third-order valence-corrected chi connectivity index (χ3v) is 4.96. The fourth-order valence-corrected chi connectivity index (χ4v) is 3.54. The lowest BCUT2D eigenvalue weighted by Crippen LogP contribution is -2.03. The predicted octanol–water partition coefficient (Wildman–Crippen LogP) is 5.23. The molecule has 0 saturated heterocycles. The number of aryl methyl sites for hydroxylation is 1. The van der Waals surface area contributed by atoms with Crippen LogP contribution in [0.5, 0.6) is 0 Å². The average Bonchev–Trinajstić information content (AvgIpc) is 3.20. The monoisotopic (exact) mass is 383 g/mol. The number of hydrogen-bond donors (Lipinski definition) is 2. The molecule has 0 aliphatic carbocycles. The normalized spacial score (nSPS) is 11.2. The summed E-state index contributed by atoms with van der Waals surface area (Å²) in [4.78, 5) is 16.9. The Kier molecular flexibility index (Phi) is 4.17. The minimum Gasteiger partial charge on any atom is -0.364 e. The maximum Gasteiger partial charge on any atom is 0.140 e. The molecule has 0 radical (unpaired) electrons. The highest BCUT2D eigenvalue weighted by Gasteiger charge is 2.12. The smallest absolute Gasteiger partial charge is 0.140 e. The van der Waals surface area contributed by atoms with Gasteiger partial charge in [-0.3, -0.25) is 4.98 Å². The van der Waals surface area contributed by atoms with E-state index in [1.807, 2.05) is 49.5 Å². The van der Waals surface area contributed by atoms with Crippen LogP contribution in [0, 0.1) is 12.7 Å². The van der Waals surface area contributed by atoms with Crippen molar-refractivity contribution >= 4 is 27.8 Å². The summed E-state index contributed by atoms with van der Waals surface area (Å²) < 4.78 is 13.8. The zero-order valence-corrected chi connectivity index (χ0v) is 15.8. The van der Waals surface area contributed by atoms with E-state index in [4.69, 9.17) is 4.98 Å². The van der Waals surface area contributed by atoms with E-state index in [-0.39, 0.29) is 5.82 Å². The molecule has 0 saturated carbocycles. The Morgan fingerprint density at radius 2 is 1.93 bits per heavy atom. The van der Waals surface area contributed by atoms with Crippen molar-refractivity contribution in [2.75, 3.05) is 5.32 Å². The third-order valence-electron chi connectivity index (χ3n) is 4.96. The number of nitrogens with one attached hydrogen (secondary N) is 2. The van der Waals surface area contributed by atoms with Gasteiger partial charge in [0.05, 0.1) is 23.4 Å². The quantitative estimate of drug-likeness (QED) is 0.446. The molecule has 5 rings (SSSR count). The summed E-state index contributed by atoms with van der Waals surface area (Å²) in [5.41, 5.74) is 5.11. The van der Waals surface area contributed by atoms with Gasteiger partial charge in [0.25, 0.3) is 0 Å². The van der Waals surface area contributed by atoms with E-state index in [0.29, 0.717) is 12.1 Å². The number of anilines is 1. The van der Waals surface area contributed by atoms with E-state index < -0.39 is 0 Å². The van der Waals surface area contributed by atoms with Crippen LogP contribution in [0.4, 0.5) is 10.2 Å². The van der Waals surface area contributed by atoms with Crippen molar-refractivity contribution < 1.29 is 4.39 Å². The van der Waals surface area contributed by atoms with Crippen LogP contribution in [0.1, 0.15) is 11.3 Å². The molecule has 5 aromatic rings. The summed E-state index contributed by atoms with van der Waals surface area (Å²) in [6.45, 7) is 2.58. The number of aromatic amines is 1. The van der Waals surface area contributed by atoms with Crippen molar-refractivity contribution in [1.82, 2.24) is 19.9 Å². The molecule has 0 spiro atoms. The van der Waals surface area contributed by atoms with Gasteiger partial charge in [0.2, 0.25) is 0 Å². The first-order valence-electron chi connectivity index (χ1n) is 9.36. The van der Waals surface area contributed by atoms with Crippen molar-refractivity contribution in [2.24, 2.45) is 0 Å². The number of H-pyrrole nitrogens is 1. The van der Waals surface area contributed by atoms with Crippen LogP contribution in [-0.4, -0.2) is 19.9 Å². The van der Waals surface area contributed by atoms with Gasteiger partial charge in [0, 0.05) is 34.8 Å². The van der Waals surface area contributed by atoms with E-state index in [0.717, 1.165) is 44.8 Å². The van der Waals surface area contributed by atoms with E-state index in [9.17, 15) is 4.39 Å². The first-order valence-corrected chi connectivity index (χ1v) is 9.36. The Morgan fingerprint density at radius 3 is 2.79 bits per heavy atom. The van der Waals surface area contributed by atoms with Crippen molar-refractivity contribution in [1.29, 1.82) is 0 Å². The number of pyridine rings is 3. The number of hydrogen-bond acceptors (Lipinski definition) is 4. The zero-order chi connectivity index (χ0) is 19.8. The van der Waals surface area contributed by atoms with Gasteiger partial charge in [0.1, 0.15) is 17.3 Å². The molecule has 0 aliphatic heterocycles. The standard InChI is InChI=1S/C23H18FN5/c1-14-10-20(28-21-11-15(24)5-6-17(14)21)19-12-22(29-23-18(19)7-9-26-23)27-13-16-4-2-3-8-25-16/h2-12H,13H2,1H3,(H2,26,27,29). The summed E-state index contributed by atoms with van der Waals surface area (Å²) in [5, 5.41) is 5.25. The second kappa shape index (κ2) is 6.98. The zero-order valence-electron chi connectivity index (χ0n) is 15.8. The highest BCUT2D eigenvalue weighted by Crippen LogP contribution is 2.31. The first-order chi connectivity index (χ1) is 14.2. The van der Waals surface area contributed by atoms with Gasteiger partial charge in [-0.05, 0) is 55.0 Å².